The van der Waals surface area contributed by atoms with E-state index in [1.54, 1.807) is 0 Å². The van der Waals surface area contributed by atoms with Crippen LogP contribution in [0.3, 0.4) is 0 Å². The summed E-state index contributed by atoms with van der Waals surface area (Å²) in [4.78, 5) is 0. The summed E-state index contributed by atoms with van der Waals surface area (Å²) in [6, 6.07) is 33.8. The second-order valence-corrected chi connectivity index (χ2v) is 10.7. The van der Waals surface area contributed by atoms with E-state index in [-0.39, 0.29) is 24.0 Å². The lowest BCUT2D eigenvalue weighted by Crippen LogP contribution is -3.00. The number of benzene rings is 3. The molecule has 0 spiro atoms. The fourth-order valence-electron chi connectivity index (χ4n) is 4.22. The molecule has 0 nitrogen and oxygen atoms in total. The molecule has 0 unspecified atom stereocenters. The minimum absolute atomic E-state index is 0. The van der Waals surface area contributed by atoms with Crippen LogP contribution in [0.4, 0.5) is 0 Å². The highest BCUT2D eigenvalue weighted by atomic mass is 127. The molecular weight excluding hydrogens is 458 g/mol. The fourth-order valence-corrected chi connectivity index (χ4v) is 8.90. The van der Waals surface area contributed by atoms with Crippen molar-refractivity contribution in [1.82, 2.24) is 0 Å². The highest BCUT2D eigenvalue weighted by molar-refractivity contribution is 7.95. The number of rotatable bonds is 5. The first kappa shape index (κ1) is 20.3. The largest absolute Gasteiger partial charge is 1.00 e. The van der Waals surface area contributed by atoms with E-state index in [1.165, 1.54) is 41.3 Å². The van der Waals surface area contributed by atoms with Crippen molar-refractivity contribution in [2.45, 2.75) is 19.3 Å². The Bertz CT molecular complexity index is 747. The van der Waals surface area contributed by atoms with Gasteiger partial charge in [0.15, 0.2) is 0 Å². The van der Waals surface area contributed by atoms with Gasteiger partial charge in [-0.05, 0) is 61.6 Å². The van der Waals surface area contributed by atoms with E-state index in [0.29, 0.717) is 0 Å². The van der Waals surface area contributed by atoms with Crippen molar-refractivity contribution in [2.24, 2.45) is 5.92 Å². The molecule has 0 fully saturated rings. The zero-order valence-electron chi connectivity index (χ0n) is 15.5. The van der Waals surface area contributed by atoms with E-state index in [2.05, 4.69) is 103 Å². The molecule has 0 N–H and O–H groups in total. The van der Waals surface area contributed by atoms with Gasteiger partial charge in [-0.25, -0.2) is 0 Å². The van der Waals surface area contributed by atoms with Crippen LogP contribution in [-0.2, 0) is 0 Å². The van der Waals surface area contributed by atoms with Crippen molar-refractivity contribution in [3.8, 4) is 0 Å². The summed E-state index contributed by atoms with van der Waals surface area (Å²) < 4.78 is 0. The summed E-state index contributed by atoms with van der Waals surface area (Å²) in [6.07, 6.45) is 9.76. The highest BCUT2D eigenvalue weighted by Crippen LogP contribution is 2.57. The van der Waals surface area contributed by atoms with Crippen LogP contribution in [0.5, 0.6) is 0 Å². The van der Waals surface area contributed by atoms with Gasteiger partial charge in [-0.1, -0.05) is 66.7 Å². The second-order valence-electron chi connectivity index (χ2n) is 7.15. The van der Waals surface area contributed by atoms with Crippen LogP contribution >= 0.6 is 7.26 Å². The molecule has 0 heterocycles. The van der Waals surface area contributed by atoms with Crippen LogP contribution in [0.15, 0.2) is 103 Å². The lowest BCUT2D eigenvalue weighted by molar-refractivity contribution is -0.00000509. The molecule has 27 heavy (non-hydrogen) atoms. The van der Waals surface area contributed by atoms with Crippen LogP contribution < -0.4 is 39.9 Å². The summed E-state index contributed by atoms with van der Waals surface area (Å²) in [5.41, 5.74) is 0. The van der Waals surface area contributed by atoms with Crippen LogP contribution in [0.2, 0.25) is 0 Å². The molecule has 1 aliphatic carbocycles. The van der Waals surface area contributed by atoms with Gasteiger partial charge in [0, 0.05) is 0 Å². The molecule has 1 atom stereocenters. The first-order valence-electron chi connectivity index (χ1n) is 9.59. The van der Waals surface area contributed by atoms with Gasteiger partial charge in [-0.2, -0.15) is 0 Å². The molecule has 0 aromatic heterocycles. The third-order valence-corrected chi connectivity index (χ3v) is 10.1. The average Bonchev–Trinajstić information content (AvgIpc) is 2.75. The predicted octanol–water partition coefficient (Wildman–Crippen LogP) is 2.34. The van der Waals surface area contributed by atoms with Gasteiger partial charge in [0.1, 0.15) is 23.2 Å². The first-order valence-corrected chi connectivity index (χ1v) is 11.6. The molecule has 0 amide bonds. The van der Waals surface area contributed by atoms with Crippen molar-refractivity contribution in [2.75, 3.05) is 6.16 Å². The van der Waals surface area contributed by atoms with E-state index in [1.807, 2.05) is 0 Å². The molecule has 0 radical (unpaired) electrons. The maximum atomic E-state index is 2.39. The topological polar surface area (TPSA) is 0 Å². The van der Waals surface area contributed by atoms with Crippen molar-refractivity contribution < 1.29 is 24.0 Å². The maximum absolute atomic E-state index is 2.39. The van der Waals surface area contributed by atoms with Crippen molar-refractivity contribution >= 4 is 23.2 Å². The molecule has 3 aromatic carbocycles. The molecule has 0 saturated carbocycles. The van der Waals surface area contributed by atoms with Crippen molar-refractivity contribution in [3.63, 3.8) is 0 Å². The average molecular weight is 484 g/mol. The van der Waals surface area contributed by atoms with Gasteiger partial charge in [0.25, 0.3) is 0 Å². The molecule has 3 aromatic rings. The zero-order chi connectivity index (χ0) is 17.7. The van der Waals surface area contributed by atoms with Crippen molar-refractivity contribution in [3.05, 3.63) is 103 Å². The molecule has 1 aliphatic rings. The Labute approximate surface area is 181 Å². The van der Waals surface area contributed by atoms with Gasteiger partial charge in [0.05, 0.1) is 6.16 Å². The summed E-state index contributed by atoms with van der Waals surface area (Å²) in [5.74, 6) is 0.758. The SMILES string of the molecule is C1=CC[C@H](C[P+](c2ccccc2)(c2ccccc2)c2ccccc2)CC1.[I-]. The molecule has 0 saturated heterocycles. The number of halogens is 1. The molecule has 0 aliphatic heterocycles. The Kier molecular flexibility index (Phi) is 7.26. The maximum Gasteiger partial charge on any atom is 0.112 e. The Balaban J connectivity index is 0.00000210. The quantitative estimate of drug-likeness (QED) is 0.297. The summed E-state index contributed by atoms with van der Waals surface area (Å²) in [6.45, 7) is 0. The third kappa shape index (κ3) is 4.36. The van der Waals surface area contributed by atoms with E-state index in [0.717, 1.165) is 5.92 Å². The van der Waals surface area contributed by atoms with Crippen LogP contribution in [-0.4, -0.2) is 6.16 Å². The van der Waals surface area contributed by atoms with Crippen molar-refractivity contribution in [1.29, 1.82) is 0 Å². The predicted molar refractivity (Wildman–Crippen MR) is 116 cm³/mol. The fraction of sp³-hybridized carbons (Fsp3) is 0.200. The molecular formula is C25H26IP. The monoisotopic (exact) mass is 484 g/mol. The third-order valence-electron chi connectivity index (χ3n) is 5.50. The Morgan fingerprint density at radius 2 is 1.07 bits per heavy atom. The van der Waals surface area contributed by atoms with Gasteiger partial charge in [0.2, 0.25) is 0 Å². The van der Waals surface area contributed by atoms with E-state index < -0.39 is 7.26 Å². The van der Waals surface area contributed by atoms with Gasteiger partial charge >= 0.3 is 0 Å². The van der Waals surface area contributed by atoms with Gasteiger partial charge < -0.3 is 24.0 Å². The molecule has 4 rings (SSSR count). The number of hydrogen-bond donors (Lipinski definition) is 0. The standard InChI is InChI=1S/C25H26P.HI/c1-5-13-22(14-6-1)21-26(23-15-7-2-8-16-23,24-17-9-3-10-18-24)25-19-11-4-12-20-25;/h1-5,7-12,15-20,22H,6,13-14,21H2;1H/q+1;/p-1/t22-;/m0./s1. The lowest BCUT2D eigenvalue weighted by Gasteiger charge is -2.31. The van der Waals surface area contributed by atoms with E-state index in [9.17, 15) is 0 Å². The van der Waals surface area contributed by atoms with E-state index in [4.69, 9.17) is 0 Å². The molecule has 2 heteroatoms. The van der Waals surface area contributed by atoms with Crippen LogP contribution in [0.1, 0.15) is 19.3 Å². The smallest absolute Gasteiger partial charge is 0.112 e. The Hall–Kier alpha value is -1.44. The second kappa shape index (κ2) is 9.66. The Morgan fingerprint density at radius 3 is 1.44 bits per heavy atom. The van der Waals surface area contributed by atoms with Gasteiger partial charge in [-0.15, -0.1) is 0 Å². The first-order chi connectivity index (χ1) is 12.9. The minimum atomic E-state index is -1.66. The zero-order valence-corrected chi connectivity index (χ0v) is 18.6. The number of allylic oxidation sites excluding steroid dienone is 2. The summed E-state index contributed by atoms with van der Waals surface area (Å²) >= 11 is 0. The molecule has 0 bridgehead atoms. The highest BCUT2D eigenvalue weighted by Gasteiger charge is 2.46. The summed E-state index contributed by atoms with van der Waals surface area (Å²) in [5, 5.41) is 4.52. The van der Waals surface area contributed by atoms with E-state index >= 15 is 0 Å². The Morgan fingerprint density at radius 1 is 0.630 bits per heavy atom. The minimum Gasteiger partial charge on any atom is -1.00 e. The van der Waals surface area contributed by atoms with Crippen LogP contribution in [0.25, 0.3) is 0 Å². The molecule has 138 valence electrons. The van der Waals surface area contributed by atoms with Gasteiger partial charge in [-0.3, -0.25) is 0 Å². The lowest BCUT2D eigenvalue weighted by atomic mass is 9.96. The van der Waals surface area contributed by atoms with Crippen LogP contribution in [0, 0.1) is 5.92 Å². The number of hydrogen-bond acceptors (Lipinski definition) is 0. The summed E-state index contributed by atoms with van der Waals surface area (Å²) in [7, 11) is -1.66. The normalized spacial score (nSPS) is 16.5.